The highest BCUT2D eigenvalue weighted by molar-refractivity contribution is 5.83. The summed E-state index contributed by atoms with van der Waals surface area (Å²) in [6.45, 7) is 7.51. The van der Waals surface area contributed by atoms with Crippen LogP contribution in [0, 0.1) is 5.92 Å². The number of hydrogen-bond donors (Lipinski definition) is 1. The Balaban J connectivity index is 1.96. The lowest BCUT2D eigenvalue weighted by atomic mass is 10.0. The Bertz CT molecular complexity index is 545. The van der Waals surface area contributed by atoms with Crippen LogP contribution in [0.15, 0.2) is 28.7 Å². The Morgan fingerprint density at radius 2 is 2.00 bits per heavy atom. The van der Waals surface area contributed by atoms with Gasteiger partial charge in [-0.15, -0.1) is 0 Å². The summed E-state index contributed by atoms with van der Waals surface area (Å²) in [6.07, 6.45) is 2.45. The molecular formula is C17H25NO2. The molecule has 1 N–H and O–H groups in total. The van der Waals surface area contributed by atoms with Crippen LogP contribution < -0.4 is 10.1 Å². The van der Waals surface area contributed by atoms with Gasteiger partial charge in [0.2, 0.25) is 0 Å². The Kier molecular flexibility index (Phi) is 5.07. The van der Waals surface area contributed by atoms with E-state index in [2.05, 4.69) is 32.2 Å². The van der Waals surface area contributed by atoms with Crippen molar-refractivity contribution < 1.29 is 9.15 Å². The Morgan fingerprint density at radius 3 is 2.70 bits per heavy atom. The van der Waals surface area contributed by atoms with Crippen LogP contribution in [0.2, 0.25) is 0 Å². The molecule has 1 unspecified atom stereocenters. The third-order valence-electron chi connectivity index (χ3n) is 3.58. The smallest absolute Gasteiger partial charge is 0.176 e. The van der Waals surface area contributed by atoms with Crippen LogP contribution in [0.5, 0.6) is 5.75 Å². The van der Waals surface area contributed by atoms with Gasteiger partial charge in [-0.1, -0.05) is 26.0 Å². The SMILES string of the molecule is COc1cccc2cc(CNC(C)CCC(C)C)oc12. The van der Waals surface area contributed by atoms with E-state index in [0.717, 1.165) is 34.9 Å². The molecule has 0 radical (unpaired) electrons. The van der Waals surface area contributed by atoms with Gasteiger partial charge in [0.1, 0.15) is 5.76 Å². The zero-order valence-corrected chi connectivity index (χ0v) is 12.9. The molecule has 0 aliphatic rings. The zero-order valence-electron chi connectivity index (χ0n) is 12.9. The Hall–Kier alpha value is -1.48. The molecule has 0 aliphatic heterocycles. The van der Waals surface area contributed by atoms with Crippen molar-refractivity contribution in [2.45, 2.75) is 46.2 Å². The minimum absolute atomic E-state index is 0.507. The summed E-state index contributed by atoms with van der Waals surface area (Å²) in [5.41, 5.74) is 0.835. The first-order chi connectivity index (χ1) is 9.60. The summed E-state index contributed by atoms with van der Waals surface area (Å²) < 4.78 is 11.2. The predicted octanol–water partition coefficient (Wildman–Crippen LogP) is 4.36. The highest BCUT2D eigenvalue weighted by Gasteiger charge is 2.09. The van der Waals surface area contributed by atoms with Crippen LogP contribution in [-0.4, -0.2) is 13.2 Å². The fourth-order valence-electron chi connectivity index (χ4n) is 2.30. The highest BCUT2D eigenvalue weighted by atomic mass is 16.5. The van der Waals surface area contributed by atoms with Crippen LogP contribution in [0.25, 0.3) is 11.0 Å². The van der Waals surface area contributed by atoms with Crippen LogP contribution in [0.3, 0.4) is 0 Å². The number of nitrogens with one attached hydrogen (secondary N) is 1. The van der Waals surface area contributed by atoms with E-state index < -0.39 is 0 Å². The molecule has 0 aliphatic carbocycles. The minimum atomic E-state index is 0.507. The monoisotopic (exact) mass is 275 g/mol. The summed E-state index contributed by atoms with van der Waals surface area (Å²) in [6, 6.07) is 8.55. The molecule has 20 heavy (non-hydrogen) atoms. The molecule has 0 saturated carbocycles. The van der Waals surface area contributed by atoms with Crippen molar-refractivity contribution in [3.63, 3.8) is 0 Å². The third kappa shape index (κ3) is 3.76. The number of para-hydroxylation sites is 1. The van der Waals surface area contributed by atoms with Gasteiger partial charge in [0.15, 0.2) is 11.3 Å². The summed E-state index contributed by atoms with van der Waals surface area (Å²) in [7, 11) is 1.67. The lowest BCUT2D eigenvalue weighted by Gasteiger charge is -2.13. The molecule has 1 aromatic carbocycles. The lowest BCUT2D eigenvalue weighted by molar-refractivity contribution is 0.400. The number of hydrogen-bond acceptors (Lipinski definition) is 3. The van der Waals surface area contributed by atoms with Crippen molar-refractivity contribution in [3.8, 4) is 5.75 Å². The molecule has 3 nitrogen and oxygen atoms in total. The first-order valence-corrected chi connectivity index (χ1v) is 7.39. The molecule has 1 atom stereocenters. The molecule has 2 aromatic rings. The maximum Gasteiger partial charge on any atom is 0.176 e. The molecular weight excluding hydrogens is 250 g/mol. The lowest BCUT2D eigenvalue weighted by Crippen LogP contribution is -2.25. The molecule has 0 bridgehead atoms. The first kappa shape index (κ1) is 14.9. The molecule has 1 aromatic heterocycles. The second-order valence-electron chi connectivity index (χ2n) is 5.84. The number of ether oxygens (including phenoxy) is 1. The minimum Gasteiger partial charge on any atom is -0.493 e. The maximum absolute atomic E-state index is 5.88. The van der Waals surface area contributed by atoms with E-state index in [-0.39, 0.29) is 0 Å². The second kappa shape index (κ2) is 6.80. The Morgan fingerprint density at radius 1 is 1.20 bits per heavy atom. The standard InChI is InChI=1S/C17H25NO2/c1-12(2)8-9-13(3)18-11-15-10-14-6-5-7-16(19-4)17(14)20-15/h5-7,10,12-13,18H,8-9,11H2,1-4H3. The number of methoxy groups -OCH3 is 1. The van der Waals surface area contributed by atoms with E-state index in [1.807, 2.05) is 18.2 Å². The highest BCUT2D eigenvalue weighted by Crippen LogP contribution is 2.28. The normalized spacial score (nSPS) is 13.1. The molecule has 0 spiro atoms. The fraction of sp³-hybridized carbons (Fsp3) is 0.529. The average Bonchev–Trinajstić information content (AvgIpc) is 2.85. The van der Waals surface area contributed by atoms with E-state index in [9.17, 15) is 0 Å². The van der Waals surface area contributed by atoms with Crippen molar-refractivity contribution in [2.24, 2.45) is 5.92 Å². The van der Waals surface area contributed by atoms with E-state index in [1.54, 1.807) is 7.11 Å². The van der Waals surface area contributed by atoms with Gasteiger partial charge >= 0.3 is 0 Å². The summed E-state index contributed by atoms with van der Waals surface area (Å²) in [4.78, 5) is 0. The van der Waals surface area contributed by atoms with Gasteiger partial charge < -0.3 is 14.5 Å². The fourth-order valence-corrected chi connectivity index (χ4v) is 2.30. The van der Waals surface area contributed by atoms with Gasteiger partial charge in [-0.2, -0.15) is 0 Å². The number of rotatable bonds is 7. The molecule has 0 saturated heterocycles. The third-order valence-corrected chi connectivity index (χ3v) is 3.58. The van der Waals surface area contributed by atoms with Gasteiger partial charge in [0.05, 0.1) is 13.7 Å². The van der Waals surface area contributed by atoms with Gasteiger partial charge in [-0.3, -0.25) is 0 Å². The number of benzene rings is 1. The molecule has 0 fully saturated rings. The van der Waals surface area contributed by atoms with E-state index in [4.69, 9.17) is 9.15 Å². The van der Waals surface area contributed by atoms with E-state index >= 15 is 0 Å². The summed E-state index contributed by atoms with van der Waals surface area (Å²) >= 11 is 0. The zero-order chi connectivity index (χ0) is 14.5. The maximum atomic E-state index is 5.88. The van der Waals surface area contributed by atoms with Crippen LogP contribution in [0.4, 0.5) is 0 Å². The molecule has 2 rings (SSSR count). The summed E-state index contributed by atoms with van der Waals surface area (Å²) in [5, 5.41) is 4.61. The molecule has 110 valence electrons. The van der Waals surface area contributed by atoms with Gasteiger partial charge in [-0.05, 0) is 37.8 Å². The number of furan rings is 1. The van der Waals surface area contributed by atoms with E-state index in [0.29, 0.717) is 6.04 Å². The van der Waals surface area contributed by atoms with Crippen molar-refractivity contribution >= 4 is 11.0 Å². The van der Waals surface area contributed by atoms with Crippen LogP contribution in [-0.2, 0) is 6.54 Å². The first-order valence-electron chi connectivity index (χ1n) is 7.39. The van der Waals surface area contributed by atoms with Crippen molar-refractivity contribution in [2.75, 3.05) is 7.11 Å². The van der Waals surface area contributed by atoms with Crippen molar-refractivity contribution in [3.05, 3.63) is 30.0 Å². The average molecular weight is 275 g/mol. The number of fused-ring (bicyclic) bond motifs is 1. The van der Waals surface area contributed by atoms with Crippen LogP contribution >= 0.6 is 0 Å². The van der Waals surface area contributed by atoms with Gasteiger partial charge in [0.25, 0.3) is 0 Å². The Labute approximate surface area is 121 Å². The topological polar surface area (TPSA) is 34.4 Å². The summed E-state index contributed by atoms with van der Waals surface area (Å²) in [5.74, 6) is 2.51. The van der Waals surface area contributed by atoms with Gasteiger partial charge in [-0.25, -0.2) is 0 Å². The quantitative estimate of drug-likeness (QED) is 0.815. The van der Waals surface area contributed by atoms with Gasteiger partial charge in [0, 0.05) is 11.4 Å². The predicted molar refractivity (Wildman–Crippen MR) is 83.1 cm³/mol. The largest absolute Gasteiger partial charge is 0.493 e. The van der Waals surface area contributed by atoms with Crippen LogP contribution in [0.1, 0.15) is 39.4 Å². The van der Waals surface area contributed by atoms with Crippen molar-refractivity contribution in [1.82, 2.24) is 5.32 Å². The molecule has 1 heterocycles. The van der Waals surface area contributed by atoms with E-state index in [1.165, 1.54) is 12.8 Å². The second-order valence-corrected chi connectivity index (χ2v) is 5.84. The van der Waals surface area contributed by atoms with Crippen molar-refractivity contribution in [1.29, 1.82) is 0 Å². The molecule has 0 amide bonds. The molecule has 3 heteroatoms.